The summed E-state index contributed by atoms with van der Waals surface area (Å²) in [5, 5.41) is 18.0. The molecule has 1 aliphatic carbocycles. The minimum Gasteiger partial charge on any atom is -0.489 e. The van der Waals surface area contributed by atoms with Crippen LogP contribution in [0.4, 0.5) is 5.69 Å². The van der Waals surface area contributed by atoms with Crippen molar-refractivity contribution in [3.63, 3.8) is 0 Å². The van der Waals surface area contributed by atoms with E-state index < -0.39 is 0 Å². The standard InChI is InChI=1S/C12H17N3O2/c13-12(9-5-6-9)15(14)10-3-1-2-4-11(10)17-8-7-16/h1-4,9,13,16H,5-8,14H2. The third-order valence-corrected chi connectivity index (χ3v) is 2.70. The highest BCUT2D eigenvalue weighted by Crippen LogP contribution is 2.34. The number of nitrogens with zero attached hydrogens (tertiary/aromatic N) is 1. The van der Waals surface area contributed by atoms with Crippen LogP contribution in [-0.4, -0.2) is 24.2 Å². The second-order valence-electron chi connectivity index (χ2n) is 4.07. The first-order valence-electron chi connectivity index (χ1n) is 5.70. The quantitative estimate of drug-likeness (QED) is 0.309. The van der Waals surface area contributed by atoms with Crippen LogP contribution in [-0.2, 0) is 0 Å². The largest absolute Gasteiger partial charge is 0.489 e. The average Bonchev–Trinajstić information content (AvgIpc) is 3.19. The third-order valence-electron chi connectivity index (χ3n) is 2.70. The van der Waals surface area contributed by atoms with Crippen LogP contribution >= 0.6 is 0 Å². The Balaban J connectivity index is 2.14. The van der Waals surface area contributed by atoms with Gasteiger partial charge in [-0.3, -0.25) is 10.4 Å². The number of hydrazine groups is 1. The lowest BCUT2D eigenvalue weighted by molar-refractivity contribution is 0.202. The molecule has 4 N–H and O–H groups in total. The van der Waals surface area contributed by atoms with E-state index in [0.717, 1.165) is 12.8 Å². The Morgan fingerprint density at radius 3 is 2.82 bits per heavy atom. The van der Waals surface area contributed by atoms with Crippen molar-refractivity contribution >= 4 is 11.5 Å². The molecule has 5 heteroatoms. The normalized spacial score (nSPS) is 14.5. The summed E-state index contributed by atoms with van der Waals surface area (Å²) in [6.07, 6.45) is 2.07. The number of amidine groups is 1. The summed E-state index contributed by atoms with van der Waals surface area (Å²) < 4.78 is 5.39. The molecule has 0 heterocycles. The summed E-state index contributed by atoms with van der Waals surface area (Å²) >= 11 is 0. The Hall–Kier alpha value is -1.59. The van der Waals surface area contributed by atoms with Gasteiger partial charge in [0.15, 0.2) is 0 Å². The maximum atomic E-state index is 8.75. The summed E-state index contributed by atoms with van der Waals surface area (Å²) in [6.45, 7) is 0.181. The van der Waals surface area contributed by atoms with E-state index in [0.29, 0.717) is 17.3 Å². The second-order valence-corrected chi connectivity index (χ2v) is 4.07. The van der Waals surface area contributed by atoms with Gasteiger partial charge in [-0.1, -0.05) is 12.1 Å². The van der Waals surface area contributed by atoms with Crippen LogP contribution in [0.1, 0.15) is 12.8 Å². The van der Waals surface area contributed by atoms with Gasteiger partial charge >= 0.3 is 0 Å². The van der Waals surface area contributed by atoms with E-state index in [1.54, 1.807) is 6.07 Å². The van der Waals surface area contributed by atoms with Gasteiger partial charge in [-0.25, -0.2) is 5.84 Å². The van der Waals surface area contributed by atoms with Gasteiger partial charge in [0.05, 0.1) is 6.61 Å². The first-order valence-corrected chi connectivity index (χ1v) is 5.70. The maximum absolute atomic E-state index is 8.75. The zero-order valence-corrected chi connectivity index (χ0v) is 9.60. The van der Waals surface area contributed by atoms with Gasteiger partial charge in [-0.15, -0.1) is 0 Å². The Morgan fingerprint density at radius 1 is 1.47 bits per heavy atom. The summed E-state index contributed by atoms with van der Waals surface area (Å²) in [6, 6.07) is 7.28. The van der Waals surface area contributed by atoms with Crippen LogP contribution in [0.15, 0.2) is 24.3 Å². The van der Waals surface area contributed by atoms with Crippen molar-refractivity contribution in [2.24, 2.45) is 11.8 Å². The van der Waals surface area contributed by atoms with Gasteiger partial charge in [0.1, 0.15) is 23.9 Å². The van der Waals surface area contributed by atoms with Crippen LogP contribution < -0.4 is 15.6 Å². The van der Waals surface area contributed by atoms with E-state index in [9.17, 15) is 0 Å². The minimum atomic E-state index is -0.0427. The van der Waals surface area contributed by atoms with E-state index >= 15 is 0 Å². The summed E-state index contributed by atoms with van der Waals surface area (Å²) in [7, 11) is 0. The molecule has 1 aromatic carbocycles. The molecular weight excluding hydrogens is 218 g/mol. The molecule has 0 radical (unpaired) electrons. The summed E-state index contributed by atoms with van der Waals surface area (Å²) in [4.78, 5) is 0. The molecular formula is C12H17N3O2. The molecule has 0 aromatic heterocycles. The molecule has 0 amide bonds. The molecule has 2 rings (SSSR count). The predicted molar refractivity (Wildman–Crippen MR) is 66.1 cm³/mol. The van der Waals surface area contributed by atoms with Crippen LogP contribution in [0.2, 0.25) is 0 Å². The number of nitrogens with one attached hydrogen (secondary N) is 1. The second kappa shape index (κ2) is 5.16. The Morgan fingerprint density at radius 2 is 2.18 bits per heavy atom. The fraction of sp³-hybridized carbons (Fsp3) is 0.417. The molecule has 5 nitrogen and oxygen atoms in total. The molecule has 0 saturated heterocycles. The lowest BCUT2D eigenvalue weighted by Gasteiger charge is -2.21. The van der Waals surface area contributed by atoms with E-state index in [1.165, 1.54) is 5.01 Å². The number of ether oxygens (including phenoxy) is 1. The molecule has 1 saturated carbocycles. The van der Waals surface area contributed by atoms with Crippen molar-refractivity contribution in [3.05, 3.63) is 24.3 Å². The number of hydrogen-bond donors (Lipinski definition) is 3. The smallest absolute Gasteiger partial charge is 0.144 e. The Bertz CT molecular complexity index is 404. The van der Waals surface area contributed by atoms with Crippen molar-refractivity contribution in [1.29, 1.82) is 5.41 Å². The van der Waals surface area contributed by atoms with Gasteiger partial charge in [0.2, 0.25) is 0 Å². The average molecular weight is 235 g/mol. The van der Waals surface area contributed by atoms with E-state index in [1.807, 2.05) is 18.2 Å². The zero-order valence-electron chi connectivity index (χ0n) is 9.60. The minimum absolute atomic E-state index is 0.0427. The number of anilines is 1. The van der Waals surface area contributed by atoms with E-state index in [4.69, 9.17) is 21.1 Å². The Labute approximate surface area is 100 Å². The molecule has 1 aliphatic rings. The monoisotopic (exact) mass is 235 g/mol. The fourth-order valence-electron chi connectivity index (χ4n) is 1.62. The molecule has 0 atom stereocenters. The number of hydrogen-bond acceptors (Lipinski definition) is 4. The van der Waals surface area contributed by atoms with Crippen molar-refractivity contribution in [2.45, 2.75) is 12.8 Å². The fourth-order valence-corrected chi connectivity index (χ4v) is 1.62. The van der Waals surface area contributed by atoms with Gasteiger partial charge < -0.3 is 9.84 Å². The van der Waals surface area contributed by atoms with Crippen LogP contribution in [0.25, 0.3) is 0 Å². The van der Waals surface area contributed by atoms with Gasteiger partial charge in [0.25, 0.3) is 0 Å². The van der Waals surface area contributed by atoms with Crippen LogP contribution in [0.3, 0.4) is 0 Å². The van der Waals surface area contributed by atoms with Crippen molar-refractivity contribution in [2.75, 3.05) is 18.2 Å². The summed E-state index contributed by atoms with van der Waals surface area (Å²) in [5.41, 5.74) is 0.665. The highest BCUT2D eigenvalue weighted by atomic mass is 16.5. The van der Waals surface area contributed by atoms with Gasteiger partial charge in [0, 0.05) is 5.92 Å². The number of nitrogens with two attached hydrogens (primary N) is 1. The van der Waals surface area contributed by atoms with Crippen molar-refractivity contribution in [3.8, 4) is 5.75 Å². The lowest BCUT2D eigenvalue weighted by Crippen LogP contribution is -2.38. The first kappa shape index (κ1) is 11.9. The number of benzene rings is 1. The molecule has 0 spiro atoms. The number of aliphatic hydroxyl groups excluding tert-OH is 1. The van der Waals surface area contributed by atoms with Crippen LogP contribution in [0, 0.1) is 11.3 Å². The van der Waals surface area contributed by atoms with Gasteiger partial charge in [-0.05, 0) is 25.0 Å². The zero-order chi connectivity index (χ0) is 12.3. The molecule has 0 bridgehead atoms. The van der Waals surface area contributed by atoms with Gasteiger partial charge in [-0.2, -0.15) is 0 Å². The Kier molecular flexibility index (Phi) is 3.61. The lowest BCUT2D eigenvalue weighted by atomic mass is 10.2. The molecule has 0 unspecified atom stereocenters. The molecule has 0 aliphatic heterocycles. The van der Waals surface area contributed by atoms with E-state index in [-0.39, 0.29) is 19.1 Å². The van der Waals surface area contributed by atoms with E-state index in [2.05, 4.69) is 0 Å². The van der Waals surface area contributed by atoms with Crippen molar-refractivity contribution < 1.29 is 9.84 Å². The molecule has 17 heavy (non-hydrogen) atoms. The van der Waals surface area contributed by atoms with Crippen LogP contribution in [0.5, 0.6) is 5.75 Å². The summed E-state index contributed by atoms with van der Waals surface area (Å²) in [5.74, 6) is 7.21. The SMILES string of the molecule is N=C(C1CC1)N(N)c1ccccc1OCCO. The number of rotatable bonds is 5. The third kappa shape index (κ3) is 2.75. The molecule has 92 valence electrons. The highest BCUT2D eigenvalue weighted by molar-refractivity contribution is 5.98. The number of para-hydroxylation sites is 2. The highest BCUT2D eigenvalue weighted by Gasteiger charge is 2.30. The maximum Gasteiger partial charge on any atom is 0.144 e. The number of aliphatic hydroxyl groups is 1. The molecule has 1 fully saturated rings. The first-order chi connectivity index (χ1) is 8.24. The van der Waals surface area contributed by atoms with Crippen molar-refractivity contribution in [1.82, 2.24) is 0 Å². The topological polar surface area (TPSA) is 82.6 Å². The predicted octanol–water partition coefficient (Wildman–Crippen LogP) is 1.13. The molecule has 1 aromatic rings.